The second kappa shape index (κ2) is 8.08. The van der Waals surface area contributed by atoms with E-state index in [1.165, 1.54) is 11.8 Å². The molecule has 1 aromatic rings. The third-order valence-electron chi connectivity index (χ3n) is 3.92. The number of nitrogens with one attached hydrogen (secondary N) is 1. The number of nitrogens with zero attached hydrogens (tertiary/aromatic N) is 1. The van der Waals surface area contributed by atoms with E-state index in [0.717, 1.165) is 19.4 Å². The Balaban J connectivity index is 1.95. The molecule has 1 N–H and O–H groups in total. The molecule has 0 unspecified atom stereocenters. The van der Waals surface area contributed by atoms with Crippen molar-refractivity contribution in [1.82, 2.24) is 0 Å². The van der Waals surface area contributed by atoms with E-state index in [1.54, 1.807) is 26.1 Å². The van der Waals surface area contributed by atoms with E-state index in [1.807, 2.05) is 12.1 Å². The number of anilines is 2. The maximum absolute atomic E-state index is 12.3. The fraction of sp³-hybridized carbons (Fsp3) is 0.529. The van der Waals surface area contributed by atoms with Crippen molar-refractivity contribution in [2.75, 3.05) is 30.5 Å². The van der Waals surface area contributed by atoms with Crippen LogP contribution in [0.15, 0.2) is 24.3 Å². The van der Waals surface area contributed by atoms with Crippen LogP contribution in [0.1, 0.15) is 26.7 Å². The van der Waals surface area contributed by atoms with Crippen molar-refractivity contribution in [2.45, 2.75) is 38.9 Å². The molecule has 0 spiro atoms. The number of hydrogen-bond acceptors (Lipinski definition) is 4. The van der Waals surface area contributed by atoms with E-state index in [4.69, 9.17) is 9.47 Å². The molecule has 1 aliphatic heterocycles. The number of hydrogen-bond donors (Lipinski definition) is 1. The van der Waals surface area contributed by atoms with Crippen LogP contribution in [0.25, 0.3) is 0 Å². The average Bonchev–Trinajstić information content (AvgIpc) is 3.05. The lowest BCUT2D eigenvalue weighted by molar-refractivity contribution is -0.128. The second-order valence-electron chi connectivity index (χ2n) is 5.70. The highest BCUT2D eigenvalue weighted by molar-refractivity contribution is 6.01. The van der Waals surface area contributed by atoms with Crippen molar-refractivity contribution in [2.24, 2.45) is 0 Å². The maximum atomic E-state index is 12.3. The van der Waals surface area contributed by atoms with Gasteiger partial charge in [0.15, 0.2) is 0 Å². The molecule has 0 saturated carbocycles. The van der Waals surface area contributed by atoms with Crippen LogP contribution in [0.5, 0.6) is 0 Å². The molecule has 2 amide bonds. The molecule has 0 aromatic heterocycles. The highest BCUT2D eigenvalue weighted by atomic mass is 16.5. The summed E-state index contributed by atoms with van der Waals surface area (Å²) in [5.41, 5.74) is 1.24. The number of amides is 2. The molecule has 0 radical (unpaired) electrons. The van der Waals surface area contributed by atoms with E-state index in [0.29, 0.717) is 18.0 Å². The molecule has 1 fully saturated rings. The van der Waals surface area contributed by atoms with Gasteiger partial charge in [0.2, 0.25) is 5.91 Å². The molecular weight excluding hydrogens is 296 g/mol. The Morgan fingerprint density at radius 2 is 2.17 bits per heavy atom. The Labute approximate surface area is 136 Å². The van der Waals surface area contributed by atoms with E-state index >= 15 is 0 Å². The summed E-state index contributed by atoms with van der Waals surface area (Å²) in [6, 6.07) is 7.18. The quantitative estimate of drug-likeness (QED) is 0.872. The number of carbonyl (C=O) groups excluding carboxylic acids is 2. The number of rotatable bonds is 6. The van der Waals surface area contributed by atoms with Gasteiger partial charge in [-0.25, -0.2) is 0 Å². The Morgan fingerprint density at radius 1 is 1.43 bits per heavy atom. The van der Waals surface area contributed by atoms with Crippen LogP contribution in [-0.4, -0.2) is 44.3 Å². The first kappa shape index (κ1) is 17.4. The van der Waals surface area contributed by atoms with Crippen LogP contribution >= 0.6 is 0 Å². The van der Waals surface area contributed by atoms with Crippen LogP contribution in [0, 0.1) is 0 Å². The van der Waals surface area contributed by atoms with E-state index in [-0.39, 0.29) is 17.9 Å². The van der Waals surface area contributed by atoms with Gasteiger partial charge in [-0.1, -0.05) is 12.1 Å². The van der Waals surface area contributed by atoms with Gasteiger partial charge in [0.1, 0.15) is 6.10 Å². The largest absolute Gasteiger partial charge is 0.376 e. The summed E-state index contributed by atoms with van der Waals surface area (Å²) in [6.45, 7) is 4.37. The number of benzene rings is 1. The van der Waals surface area contributed by atoms with Crippen LogP contribution in [0.4, 0.5) is 11.4 Å². The number of carbonyl (C=O) groups is 2. The fourth-order valence-electron chi connectivity index (χ4n) is 2.38. The zero-order valence-corrected chi connectivity index (χ0v) is 13.9. The Hall–Kier alpha value is -1.92. The highest BCUT2D eigenvalue weighted by Crippen LogP contribution is 2.25. The Kier molecular flexibility index (Phi) is 6.12. The van der Waals surface area contributed by atoms with Gasteiger partial charge < -0.3 is 19.7 Å². The monoisotopic (exact) mass is 320 g/mol. The summed E-state index contributed by atoms with van der Waals surface area (Å²) >= 11 is 0. The van der Waals surface area contributed by atoms with Crippen LogP contribution in [0.3, 0.4) is 0 Å². The Bertz CT molecular complexity index is 555. The maximum Gasteiger partial charge on any atom is 0.253 e. The smallest absolute Gasteiger partial charge is 0.253 e. The SMILES string of the molecule is CC(=O)N(C)c1ccccc1NC(=O)[C@H](C)OC[C@@H]1CCCO1. The summed E-state index contributed by atoms with van der Waals surface area (Å²) in [7, 11) is 1.67. The van der Waals surface area contributed by atoms with Gasteiger partial charge in [-0.15, -0.1) is 0 Å². The molecule has 6 heteroatoms. The summed E-state index contributed by atoms with van der Waals surface area (Å²) < 4.78 is 11.1. The molecule has 2 rings (SSSR count). The topological polar surface area (TPSA) is 67.9 Å². The number of para-hydroxylation sites is 2. The lowest BCUT2D eigenvalue weighted by atomic mass is 10.2. The first-order valence-corrected chi connectivity index (χ1v) is 7.86. The van der Waals surface area contributed by atoms with Crippen LogP contribution < -0.4 is 10.2 Å². The first-order chi connectivity index (χ1) is 11.0. The van der Waals surface area contributed by atoms with Gasteiger partial charge in [0, 0.05) is 20.6 Å². The van der Waals surface area contributed by atoms with Gasteiger partial charge >= 0.3 is 0 Å². The van der Waals surface area contributed by atoms with Crippen LogP contribution in [0.2, 0.25) is 0 Å². The molecule has 126 valence electrons. The van der Waals surface area contributed by atoms with Gasteiger partial charge in [0.25, 0.3) is 5.91 Å². The average molecular weight is 320 g/mol. The standard InChI is InChI=1S/C17H24N2O4/c1-12(23-11-14-7-6-10-22-14)17(21)18-15-8-4-5-9-16(15)19(3)13(2)20/h4-5,8-9,12,14H,6-7,10-11H2,1-3H3,(H,18,21)/t12-,14-/m0/s1. The lowest BCUT2D eigenvalue weighted by Crippen LogP contribution is -2.31. The second-order valence-corrected chi connectivity index (χ2v) is 5.70. The first-order valence-electron chi connectivity index (χ1n) is 7.86. The zero-order chi connectivity index (χ0) is 16.8. The molecule has 0 bridgehead atoms. The van der Waals surface area contributed by atoms with Crippen molar-refractivity contribution in [3.8, 4) is 0 Å². The summed E-state index contributed by atoms with van der Waals surface area (Å²) in [5.74, 6) is -0.346. The van der Waals surface area contributed by atoms with Crippen molar-refractivity contribution in [3.63, 3.8) is 0 Å². The van der Waals surface area contributed by atoms with Gasteiger partial charge in [-0.05, 0) is 31.9 Å². The summed E-state index contributed by atoms with van der Waals surface area (Å²) in [4.78, 5) is 25.3. The van der Waals surface area contributed by atoms with E-state index in [9.17, 15) is 9.59 Å². The molecule has 1 heterocycles. The molecule has 0 aliphatic carbocycles. The highest BCUT2D eigenvalue weighted by Gasteiger charge is 2.21. The number of ether oxygens (including phenoxy) is 2. The predicted octanol–water partition coefficient (Wildman–Crippen LogP) is 2.19. The minimum Gasteiger partial charge on any atom is -0.376 e. The van der Waals surface area contributed by atoms with Crippen molar-refractivity contribution >= 4 is 23.2 Å². The molecule has 1 saturated heterocycles. The van der Waals surface area contributed by atoms with Crippen LogP contribution in [-0.2, 0) is 19.1 Å². The van der Waals surface area contributed by atoms with Crippen molar-refractivity contribution in [3.05, 3.63) is 24.3 Å². The molecular formula is C17H24N2O4. The normalized spacial score (nSPS) is 18.5. The summed E-state index contributed by atoms with van der Waals surface area (Å²) in [6.07, 6.45) is 1.51. The summed E-state index contributed by atoms with van der Waals surface area (Å²) in [5, 5.41) is 2.82. The Morgan fingerprint density at radius 3 is 2.83 bits per heavy atom. The van der Waals surface area contributed by atoms with Gasteiger partial charge in [-0.3, -0.25) is 9.59 Å². The minimum atomic E-state index is -0.588. The molecule has 1 aliphatic rings. The molecule has 1 aromatic carbocycles. The predicted molar refractivity (Wildman–Crippen MR) is 88.5 cm³/mol. The molecule has 2 atom stereocenters. The molecule has 23 heavy (non-hydrogen) atoms. The van der Waals surface area contributed by atoms with Crippen molar-refractivity contribution < 1.29 is 19.1 Å². The fourth-order valence-corrected chi connectivity index (χ4v) is 2.38. The third-order valence-corrected chi connectivity index (χ3v) is 3.92. The van der Waals surface area contributed by atoms with Gasteiger partial charge in [0.05, 0.1) is 24.1 Å². The lowest BCUT2D eigenvalue weighted by Gasteiger charge is -2.21. The minimum absolute atomic E-state index is 0.0846. The van der Waals surface area contributed by atoms with Crippen molar-refractivity contribution in [1.29, 1.82) is 0 Å². The van der Waals surface area contributed by atoms with E-state index < -0.39 is 6.10 Å². The molecule has 6 nitrogen and oxygen atoms in total. The zero-order valence-electron chi connectivity index (χ0n) is 13.9. The van der Waals surface area contributed by atoms with Gasteiger partial charge in [-0.2, -0.15) is 0 Å². The van der Waals surface area contributed by atoms with E-state index in [2.05, 4.69) is 5.32 Å². The third kappa shape index (κ3) is 4.77.